The molecule has 0 unspecified atom stereocenters. The molecule has 1 atom stereocenters. The zero-order chi connectivity index (χ0) is 18.8. The van der Waals surface area contributed by atoms with Crippen LogP contribution in [0.4, 0.5) is 5.69 Å². The molecular formula is C17H22N2O5S2. The van der Waals surface area contributed by atoms with E-state index in [9.17, 15) is 16.8 Å². The number of benzene rings is 1. The molecule has 0 spiro atoms. The average Bonchev–Trinajstić information content (AvgIpc) is 3.07. The molecule has 0 bridgehead atoms. The fourth-order valence-corrected chi connectivity index (χ4v) is 5.86. The summed E-state index contributed by atoms with van der Waals surface area (Å²) in [5, 5.41) is 0. The molecule has 0 aliphatic carbocycles. The number of rotatable bonds is 6. The Balaban J connectivity index is 1.72. The minimum atomic E-state index is -3.70. The maximum absolute atomic E-state index is 12.5. The first-order valence-corrected chi connectivity index (χ1v) is 11.5. The van der Waals surface area contributed by atoms with Gasteiger partial charge in [0.25, 0.3) is 0 Å². The van der Waals surface area contributed by atoms with Crippen molar-refractivity contribution >= 4 is 25.7 Å². The van der Waals surface area contributed by atoms with E-state index in [-0.39, 0.29) is 16.7 Å². The average molecular weight is 399 g/mol. The van der Waals surface area contributed by atoms with Crippen molar-refractivity contribution in [3.8, 4) is 0 Å². The molecule has 0 radical (unpaired) electrons. The Morgan fingerprint density at radius 1 is 1.19 bits per heavy atom. The summed E-state index contributed by atoms with van der Waals surface area (Å²) in [6.45, 7) is 2.18. The first-order valence-electron chi connectivity index (χ1n) is 8.43. The molecular weight excluding hydrogens is 376 g/mol. The van der Waals surface area contributed by atoms with Crippen LogP contribution >= 0.6 is 0 Å². The molecule has 9 heteroatoms. The summed E-state index contributed by atoms with van der Waals surface area (Å²) in [5.74, 6) is 0.824. The van der Waals surface area contributed by atoms with Crippen molar-refractivity contribution in [1.82, 2.24) is 4.72 Å². The lowest BCUT2D eigenvalue weighted by atomic mass is 10.2. The minimum absolute atomic E-state index is 0.0990. The van der Waals surface area contributed by atoms with E-state index in [0.29, 0.717) is 30.8 Å². The molecule has 142 valence electrons. The largest absolute Gasteiger partial charge is 0.469 e. The SMILES string of the molecule is C[C@@H](Cc1ccco1)NS(=O)(=O)c1ccc(N2CCCCS2(=O)=O)cc1. The molecule has 1 aromatic carbocycles. The molecule has 2 heterocycles. The molecule has 7 nitrogen and oxygen atoms in total. The molecule has 0 amide bonds. The predicted octanol–water partition coefficient (Wildman–Crippen LogP) is 2.12. The van der Waals surface area contributed by atoms with E-state index in [4.69, 9.17) is 4.42 Å². The highest BCUT2D eigenvalue weighted by Crippen LogP contribution is 2.25. The van der Waals surface area contributed by atoms with Crippen LogP contribution in [0.2, 0.25) is 0 Å². The van der Waals surface area contributed by atoms with Gasteiger partial charge >= 0.3 is 0 Å². The van der Waals surface area contributed by atoms with Gasteiger partial charge in [0, 0.05) is 19.0 Å². The van der Waals surface area contributed by atoms with Gasteiger partial charge in [-0.25, -0.2) is 21.6 Å². The van der Waals surface area contributed by atoms with Crippen molar-refractivity contribution < 1.29 is 21.3 Å². The first kappa shape index (κ1) is 18.9. The molecule has 1 fully saturated rings. The molecule has 2 aromatic rings. The Hall–Kier alpha value is -1.84. The second-order valence-electron chi connectivity index (χ2n) is 6.39. The van der Waals surface area contributed by atoms with E-state index in [1.165, 1.54) is 28.6 Å². The van der Waals surface area contributed by atoms with Crippen LogP contribution in [-0.2, 0) is 26.5 Å². The zero-order valence-corrected chi connectivity index (χ0v) is 16.1. The Morgan fingerprint density at radius 3 is 2.54 bits per heavy atom. The van der Waals surface area contributed by atoms with Crippen LogP contribution in [0.15, 0.2) is 52.0 Å². The van der Waals surface area contributed by atoms with Crippen molar-refractivity contribution in [2.45, 2.75) is 37.1 Å². The number of nitrogens with zero attached hydrogens (tertiary/aromatic N) is 1. The van der Waals surface area contributed by atoms with Crippen LogP contribution in [0.5, 0.6) is 0 Å². The maximum Gasteiger partial charge on any atom is 0.240 e. The van der Waals surface area contributed by atoms with E-state index < -0.39 is 20.0 Å². The van der Waals surface area contributed by atoms with Gasteiger partial charge in [-0.2, -0.15) is 0 Å². The standard InChI is InChI=1S/C17H22N2O5S2/c1-14(13-16-5-4-11-24-16)18-26(22,23)17-8-6-15(7-9-17)19-10-2-3-12-25(19,20)21/h4-9,11,14,18H,2-3,10,12-13H2,1H3/t14-/m0/s1. The fourth-order valence-electron chi connectivity index (χ4n) is 2.98. The molecule has 3 rings (SSSR count). The van der Waals surface area contributed by atoms with Crippen molar-refractivity contribution in [1.29, 1.82) is 0 Å². The summed E-state index contributed by atoms with van der Waals surface area (Å²) in [6, 6.07) is 9.14. The smallest absolute Gasteiger partial charge is 0.240 e. The third-order valence-corrected chi connectivity index (χ3v) is 7.70. The van der Waals surface area contributed by atoms with E-state index in [1.54, 1.807) is 25.3 Å². The van der Waals surface area contributed by atoms with Crippen LogP contribution in [0.25, 0.3) is 0 Å². The second-order valence-corrected chi connectivity index (χ2v) is 10.1. The number of anilines is 1. The van der Waals surface area contributed by atoms with Gasteiger partial charge in [0.15, 0.2) is 0 Å². The second kappa shape index (κ2) is 7.42. The van der Waals surface area contributed by atoms with E-state index >= 15 is 0 Å². The molecule has 1 aliphatic heterocycles. The molecule has 1 N–H and O–H groups in total. The summed E-state index contributed by atoms with van der Waals surface area (Å²) in [4.78, 5) is 0.0990. The lowest BCUT2D eigenvalue weighted by Crippen LogP contribution is -2.38. The number of hydrogen-bond acceptors (Lipinski definition) is 5. The summed E-state index contributed by atoms with van der Waals surface area (Å²) < 4.78 is 58.5. The molecule has 1 aliphatic rings. The summed E-state index contributed by atoms with van der Waals surface area (Å²) in [5.41, 5.74) is 0.493. The van der Waals surface area contributed by atoms with Gasteiger partial charge in [-0.3, -0.25) is 4.31 Å². The van der Waals surface area contributed by atoms with Gasteiger partial charge in [0.1, 0.15) is 5.76 Å². The maximum atomic E-state index is 12.5. The van der Waals surface area contributed by atoms with Gasteiger partial charge in [0.2, 0.25) is 20.0 Å². The minimum Gasteiger partial charge on any atom is -0.469 e. The van der Waals surface area contributed by atoms with Crippen LogP contribution in [0, 0.1) is 0 Å². The third kappa shape index (κ3) is 4.28. The van der Waals surface area contributed by atoms with Gasteiger partial charge in [-0.1, -0.05) is 0 Å². The summed E-state index contributed by atoms with van der Waals surface area (Å²) in [6.07, 6.45) is 3.44. The lowest BCUT2D eigenvalue weighted by molar-refractivity contribution is 0.479. The van der Waals surface area contributed by atoms with Crippen LogP contribution in [-0.4, -0.2) is 35.2 Å². The fraction of sp³-hybridized carbons (Fsp3) is 0.412. The van der Waals surface area contributed by atoms with Gasteiger partial charge in [-0.05, 0) is 56.2 Å². The van der Waals surface area contributed by atoms with E-state index in [1.807, 2.05) is 0 Å². The molecule has 0 saturated carbocycles. The number of sulfonamides is 2. The van der Waals surface area contributed by atoms with Gasteiger partial charge in [0.05, 0.1) is 22.6 Å². The van der Waals surface area contributed by atoms with E-state index in [0.717, 1.165) is 6.42 Å². The van der Waals surface area contributed by atoms with Crippen LogP contribution in [0.3, 0.4) is 0 Å². The number of hydrogen-bond donors (Lipinski definition) is 1. The van der Waals surface area contributed by atoms with Crippen molar-refractivity contribution in [2.24, 2.45) is 0 Å². The normalized spacial score (nSPS) is 18.6. The van der Waals surface area contributed by atoms with E-state index in [2.05, 4.69) is 4.72 Å². The topological polar surface area (TPSA) is 96.7 Å². The monoisotopic (exact) mass is 398 g/mol. The highest BCUT2D eigenvalue weighted by atomic mass is 32.2. The van der Waals surface area contributed by atoms with Crippen molar-refractivity contribution in [3.05, 3.63) is 48.4 Å². The molecule has 1 aromatic heterocycles. The summed E-state index contributed by atoms with van der Waals surface area (Å²) in [7, 11) is -7.01. The molecule has 26 heavy (non-hydrogen) atoms. The van der Waals surface area contributed by atoms with Crippen LogP contribution < -0.4 is 9.03 Å². The lowest BCUT2D eigenvalue weighted by Gasteiger charge is -2.28. The zero-order valence-electron chi connectivity index (χ0n) is 14.5. The van der Waals surface area contributed by atoms with Gasteiger partial charge < -0.3 is 4.42 Å². The summed E-state index contributed by atoms with van der Waals surface area (Å²) >= 11 is 0. The van der Waals surface area contributed by atoms with Gasteiger partial charge in [-0.15, -0.1) is 0 Å². The highest BCUT2D eigenvalue weighted by molar-refractivity contribution is 7.92. The van der Waals surface area contributed by atoms with Crippen LogP contribution in [0.1, 0.15) is 25.5 Å². The number of furan rings is 1. The Bertz CT molecular complexity index is 936. The van der Waals surface area contributed by atoms with Crippen molar-refractivity contribution in [3.63, 3.8) is 0 Å². The Morgan fingerprint density at radius 2 is 1.92 bits per heavy atom. The quantitative estimate of drug-likeness (QED) is 0.804. The number of nitrogens with one attached hydrogen (secondary N) is 1. The predicted molar refractivity (Wildman–Crippen MR) is 99.0 cm³/mol. The Labute approximate surface area is 154 Å². The third-order valence-electron chi connectivity index (χ3n) is 4.23. The highest BCUT2D eigenvalue weighted by Gasteiger charge is 2.26. The van der Waals surface area contributed by atoms with Crippen molar-refractivity contribution in [2.75, 3.05) is 16.6 Å². The first-order chi connectivity index (χ1) is 12.3. The Kier molecular flexibility index (Phi) is 5.40. The molecule has 1 saturated heterocycles.